The number of aromatic nitrogens is 1. The molecule has 5 nitrogen and oxygen atoms in total. The summed E-state index contributed by atoms with van der Waals surface area (Å²) in [4.78, 5) is 12.8. The van der Waals surface area contributed by atoms with Crippen molar-refractivity contribution in [3.8, 4) is 11.1 Å². The van der Waals surface area contributed by atoms with Gasteiger partial charge in [-0.2, -0.15) is 4.73 Å². The minimum Gasteiger partial charge on any atom is -0.618 e. The summed E-state index contributed by atoms with van der Waals surface area (Å²) in [6.07, 6.45) is 4.54. The minimum atomic E-state index is -0.593. The van der Waals surface area contributed by atoms with Crippen molar-refractivity contribution >= 4 is 11.6 Å². The van der Waals surface area contributed by atoms with Gasteiger partial charge in [0.15, 0.2) is 11.9 Å². The van der Waals surface area contributed by atoms with Crippen LogP contribution < -0.4 is 15.8 Å². The van der Waals surface area contributed by atoms with Crippen LogP contribution in [0, 0.1) is 19.1 Å². The summed E-state index contributed by atoms with van der Waals surface area (Å²) in [5, 5.41) is 14.9. The minimum absolute atomic E-state index is 0.0383. The Labute approximate surface area is 177 Å². The summed E-state index contributed by atoms with van der Waals surface area (Å²) < 4.78 is 0.874. The number of carbonyl (C=O) groups is 1. The molecule has 0 radical (unpaired) electrons. The first kappa shape index (κ1) is 20.1. The highest BCUT2D eigenvalue weighted by atomic mass is 16.5. The number of anilines is 1. The molecule has 154 valence electrons. The molecule has 3 aromatic rings. The molecule has 30 heavy (non-hydrogen) atoms. The SMILES string of the molecule is Cc1cc[n+]([O-])c(C)c1-c1ccc(NC(=O)C(N)[C@H]2CCCc3ccccc32)cc1. The smallest absolute Gasteiger partial charge is 0.241 e. The molecule has 1 amide bonds. The summed E-state index contributed by atoms with van der Waals surface area (Å²) in [6, 6.07) is 17.1. The van der Waals surface area contributed by atoms with Crippen molar-refractivity contribution in [1.29, 1.82) is 0 Å². The zero-order chi connectivity index (χ0) is 21.3. The maximum absolute atomic E-state index is 12.8. The van der Waals surface area contributed by atoms with Gasteiger partial charge in [0.25, 0.3) is 0 Å². The van der Waals surface area contributed by atoms with Crippen LogP contribution in [0.1, 0.15) is 41.1 Å². The quantitative estimate of drug-likeness (QED) is 0.512. The lowest BCUT2D eigenvalue weighted by Gasteiger charge is -2.29. The largest absolute Gasteiger partial charge is 0.618 e. The van der Waals surface area contributed by atoms with Gasteiger partial charge >= 0.3 is 0 Å². The van der Waals surface area contributed by atoms with Crippen LogP contribution in [0.15, 0.2) is 60.8 Å². The first-order chi connectivity index (χ1) is 14.5. The molecule has 5 heteroatoms. The summed E-state index contributed by atoms with van der Waals surface area (Å²) in [7, 11) is 0. The lowest BCUT2D eigenvalue weighted by atomic mass is 9.79. The topological polar surface area (TPSA) is 82.1 Å². The molecule has 2 atom stereocenters. The van der Waals surface area contributed by atoms with E-state index in [1.807, 2.05) is 56.3 Å². The van der Waals surface area contributed by atoms with Gasteiger partial charge in [0.05, 0.1) is 11.6 Å². The molecule has 3 N–H and O–H groups in total. The molecule has 4 rings (SSSR count). The zero-order valence-electron chi connectivity index (χ0n) is 17.4. The van der Waals surface area contributed by atoms with E-state index in [2.05, 4.69) is 17.4 Å². The van der Waals surface area contributed by atoms with Crippen molar-refractivity contribution in [2.75, 3.05) is 5.32 Å². The van der Waals surface area contributed by atoms with Crippen LogP contribution >= 0.6 is 0 Å². The number of nitrogens with two attached hydrogens (primary N) is 1. The first-order valence-electron chi connectivity index (χ1n) is 10.4. The molecule has 1 aromatic heterocycles. The number of nitrogens with one attached hydrogen (secondary N) is 1. The van der Waals surface area contributed by atoms with Gasteiger partial charge < -0.3 is 16.3 Å². The van der Waals surface area contributed by atoms with Gasteiger partial charge in [-0.25, -0.2) is 0 Å². The molecule has 1 heterocycles. The second-order valence-corrected chi connectivity index (χ2v) is 8.07. The number of fused-ring (bicyclic) bond motifs is 1. The van der Waals surface area contributed by atoms with E-state index in [9.17, 15) is 10.0 Å². The Morgan fingerprint density at radius 3 is 2.63 bits per heavy atom. The summed E-state index contributed by atoms with van der Waals surface area (Å²) in [5.41, 5.74) is 13.1. The molecule has 1 aliphatic rings. The van der Waals surface area contributed by atoms with E-state index in [4.69, 9.17) is 5.73 Å². The molecule has 0 aliphatic heterocycles. The van der Waals surface area contributed by atoms with Crippen LogP contribution in [-0.2, 0) is 11.2 Å². The number of hydrogen-bond donors (Lipinski definition) is 2. The lowest BCUT2D eigenvalue weighted by molar-refractivity contribution is -0.611. The summed E-state index contributed by atoms with van der Waals surface area (Å²) >= 11 is 0. The number of hydrogen-bond acceptors (Lipinski definition) is 3. The Kier molecular flexibility index (Phi) is 5.55. The third-order valence-corrected chi connectivity index (χ3v) is 6.14. The number of aryl methyl sites for hydroxylation is 2. The zero-order valence-corrected chi connectivity index (χ0v) is 17.4. The maximum Gasteiger partial charge on any atom is 0.241 e. The molecule has 1 unspecified atom stereocenters. The molecule has 0 spiro atoms. The molecular weight excluding hydrogens is 374 g/mol. The van der Waals surface area contributed by atoms with E-state index in [-0.39, 0.29) is 11.8 Å². The van der Waals surface area contributed by atoms with Gasteiger partial charge in [0, 0.05) is 24.6 Å². The fraction of sp³-hybridized carbons (Fsp3) is 0.280. The predicted octanol–water partition coefficient (Wildman–Crippen LogP) is 3.99. The number of carbonyl (C=O) groups excluding carboxylic acids is 1. The molecular formula is C25H27N3O2. The Morgan fingerprint density at radius 2 is 1.87 bits per heavy atom. The Morgan fingerprint density at radius 1 is 1.13 bits per heavy atom. The number of benzene rings is 2. The van der Waals surface area contributed by atoms with Crippen LogP contribution in [0.3, 0.4) is 0 Å². The number of rotatable bonds is 4. The standard InChI is InChI=1S/C25H27N3O2/c1-16-14-15-28(30)17(2)23(16)19-10-12-20(13-11-19)27-25(29)24(26)22-9-5-7-18-6-3-4-8-21(18)22/h3-4,6,8,10-15,22,24H,5,7,9,26H2,1-2H3,(H,27,29)/t22-,24?/m0/s1. The molecule has 2 aromatic carbocycles. The molecule has 1 aliphatic carbocycles. The summed E-state index contributed by atoms with van der Waals surface area (Å²) in [5.74, 6) is -0.134. The molecule has 0 saturated heterocycles. The van der Waals surface area contributed by atoms with Crippen molar-refractivity contribution < 1.29 is 9.52 Å². The van der Waals surface area contributed by atoms with Crippen LogP contribution in [0.2, 0.25) is 0 Å². The highest BCUT2D eigenvalue weighted by Crippen LogP contribution is 2.34. The van der Waals surface area contributed by atoms with Crippen molar-refractivity contribution in [1.82, 2.24) is 0 Å². The van der Waals surface area contributed by atoms with Gasteiger partial charge in [-0.3, -0.25) is 4.79 Å². The van der Waals surface area contributed by atoms with Crippen molar-refractivity contribution in [3.05, 3.63) is 88.4 Å². The molecule has 0 fully saturated rings. The third kappa shape index (κ3) is 3.81. The van der Waals surface area contributed by atoms with E-state index < -0.39 is 6.04 Å². The highest BCUT2D eigenvalue weighted by Gasteiger charge is 2.30. The van der Waals surface area contributed by atoms with Crippen LogP contribution in [0.25, 0.3) is 11.1 Å². The monoisotopic (exact) mass is 401 g/mol. The fourth-order valence-corrected chi connectivity index (χ4v) is 4.50. The van der Waals surface area contributed by atoms with Gasteiger partial charge in [-0.05, 0) is 60.6 Å². The van der Waals surface area contributed by atoms with Gasteiger partial charge in [0.2, 0.25) is 5.91 Å². The van der Waals surface area contributed by atoms with E-state index in [0.717, 1.165) is 40.7 Å². The van der Waals surface area contributed by atoms with Gasteiger partial charge in [0.1, 0.15) is 0 Å². The van der Waals surface area contributed by atoms with Crippen molar-refractivity contribution in [2.45, 2.75) is 45.1 Å². The lowest BCUT2D eigenvalue weighted by Crippen LogP contribution is -2.41. The average molecular weight is 402 g/mol. The molecule has 0 saturated carbocycles. The Hall–Kier alpha value is -3.18. The van der Waals surface area contributed by atoms with Gasteiger partial charge in [-0.1, -0.05) is 36.4 Å². The van der Waals surface area contributed by atoms with E-state index in [1.165, 1.54) is 17.3 Å². The van der Waals surface area contributed by atoms with E-state index in [1.54, 1.807) is 0 Å². The van der Waals surface area contributed by atoms with Crippen LogP contribution in [0.5, 0.6) is 0 Å². The van der Waals surface area contributed by atoms with Crippen LogP contribution in [-0.4, -0.2) is 11.9 Å². The van der Waals surface area contributed by atoms with Crippen molar-refractivity contribution in [3.63, 3.8) is 0 Å². The third-order valence-electron chi connectivity index (χ3n) is 6.14. The predicted molar refractivity (Wildman–Crippen MR) is 119 cm³/mol. The average Bonchev–Trinajstić information content (AvgIpc) is 2.77. The second kappa shape index (κ2) is 8.28. The first-order valence-corrected chi connectivity index (χ1v) is 10.4. The molecule has 0 bridgehead atoms. The van der Waals surface area contributed by atoms with Crippen molar-refractivity contribution in [2.24, 2.45) is 5.73 Å². The number of amides is 1. The summed E-state index contributed by atoms with van der Waals surface area (Å²) in [6.45, 7) is 3.80. The number of nitrogens with zero attached hydrogens (tertiary/aromatic N) is 1. The highest BCUT2D eigenvalue weighted by molar-refractivity contribution is 5.95. The van der Waals surface area contributed by atoms with E-state index in [0.29, 0.717) is 11.4 Å². The van der Waals surface area contributed by atoms with Crippen LogP contribution in [0.4, 0.5) is 5.69 Å². The second-order valence-electron chi connectivity index (χ2n) is 8.07. The Bertz CT molecular complexity index is 1080. The number of pyridine rings is 1. The van der Waals surface area contributed by atoms with Gasteiger partial charge in [-0.15, -0.1) is 0 Å². The Balaban J connectivity index is 1.51. The maximum atomic E-state index is 12.8. The fourth-order valence-electron chi connectivity index (χ4n) is 4.50. The van der Waals surface area contributed by atoms with E-state index >= 15 is 0 Å². The normalized spacial score (nSPS) is 16.6.